The van der Waals surface area contributed by atoms with E-state index in [1.807, 2.05) is 18.2 Å². The number of carbonyl (C=O) groups is 2. The average Bonchev–Trinajstić information content (AvgIpc) is 3.29. The number of fused-ring (bicyclic) bond motifs is 4. The zero-order valence-electron chi connectivity index (χ0n) is 18.8. The molecule has 4 aromatic rings. The lowest BCUT2D eigenvalue weighted by Crippen LogP contribution is -2.54. The van der Waals surface area contributed by atoms with Gasteiger partial charge in [0, 0.05) is 18.5 Å². The molecule has 35 heavy (non-hydrogen) atoms. The second kappa shape index (κ2) is 8.55. The first-order valence-electron chi connectivity index (χ1n) is 11.4. The van der Waals surface area contributed by atoms with Crippen molar-refractivity contribution in [3.63, 3.8) is 0 Å². The highest BCUT2D eigenvalue weighted by Gasteiger charge is 2.36. The van der Waals surface area contributed by atoms with Gasteiger partial charge in [-0.1, -0.05) is 24.3 Å². The lowest BCUT2D eigenvalue weighted by atomic mass is 10.1. The van der Waals surface area contributed by atoms with Crippen LogP contribution in [0.15, 0.2) is 64.1 Å². The molecular formula is C25H22N4O6. The Labute approximate surface area is 199 Å². The fraction of sp³-hybridized carbons (Fsp3) is 0.280. The Morgan fingerprint density at radius 3 is 2.66 bits per heavy atom. The van der Waals surface area contributed by atoms with E-state index in [9.17, 15) is 14.4 Å². The Kier molecular flexibility index (Phi) is 5.22. The predicted molar refractivity (Wildman–Crippen MR) is 126 cm³/mol. The smallest absolute Gasteiger partial charge is 0.297 e. The molecular weight excluding hydrogens is 452 g/mol. The lowest BCUT2D eigenvalue weighted by Gasteiger charge is -2.37. The zero-order chi connectivity index (χ0) is 23.9. The van der Waals surface area contributed by atoms with Crippen LogP contribution in [0.25, 0.3) is 22.1 Å². The molecule has 10 heteroatoms. The van der Waals surface area contributed by atoms with E-state index in [1.165, 1.54) is 15.8 Å². The molecule has 2 aromatic carbocycles. The number of nitrogens with zero attached hydrogens (tertiary/aromatic N) is 4. The van der Waals surface area contributed by atoms with E-state index in [1.54, 1.807) is 35.2 Å². The molecule has 2 aromatic heterocycles. The number of rotatable bonds is 3. The molecule has 2 aliphatic heterocycles. The largest absolute Gasteiger partial charge is 0.476 e. The summed E-state index contributed by atoms with van der Waals surface area (Å²) in [6, 6.07) is 14.3. The summed E-state index contributed by atoms with van der Waals surface area (Å²) in [6.45, 7) is 1.68. The second-order valence-corrected chi connectivity index (χ2v) is 8.47. The molecule has 1 saturated heterocycles. The van der Waals surface area contributed by atoms with E-state index in [2.05, 4.69) is 4.98 Å². The van der Waals surface area contributed by atoms with E-state index in [4.69, 9.17) is 13.9 Å². The van der Waals surface area contributed by atoms with Crippen LogP contribution in [0, 0.1) is 0 Å². The van der Waals surface area contributed by atoms with Crippen LogP contribution in [0.3, 0.4) is 0 Å². The molecule has 0 radical (unpaired) electrons. The van der Waals surface area contributed by atoms with Crippen molar-refractivity contribution in [1.82, 2.24) is 14.5 Å². The predicted octanol–water partition coefficient (Wildman–Crippen LogP) is 1.80. The number of carbonyl (C=O) groups excluding carboxylic acids is 2. The summed E-state index contributed by atoms with van der Waals surface area (Å²) < 4.78 is 18.3. The molecule has 4 heterocycles. The van der Waals surface area contributed by atoms with Gasteiger partial charge < -0.3 is 23.7 Å². The van der Waals surface area contributed by atoms with Crippen LogP contribution < -0.4 is 15.2 Å². The fourth-order valence-electron chi connectivity index (χ4n) is 4.55. The van der Waals surface area contributed by atoms with Gasteiger partial charge in [-0.3, -0.25) is 19.0 Å². The van der Waals surface area contributed by atoms with Crippen LogP contribution in [-0.2, 0) is 20.9 Å². The Morgan fingerprint density at radius 2 is 1.80 bits per heavy atom. The normalized spacial score (nSPS) is 17.9. The number of morpholine rings is 1. The molecule has 0 bridgehead atoms. The van der Waals surface area contributed by atoms with Crippen molar-refractivity contribution in [2.45, 2.75) is 12.6 Å². The van der Waals surface area contributed by atoms with Crippen molar-refractivity contribution in [2.75, 3.05) is 37.7 Å². The molecule has 0 saturated carbocycles. The number of amides is 2. The van der Waals surface area contributed by atoms with Gasteiger partial charge in [0.15, 0.2) is 6.10 Å². The van der Waals surface area contributed by atoms with Gasteiger partial charge in [0.25, 0.3) is 11.5 Å². The minimum Gasteiger partial charge on any atom is -0.476 e. The van der Waals surface area contributed by atoms with Gasteiger partial charge >= 0.3 is 0 Å². The first kappa shape index (κ1) is 21.4. The summed E-state index contributed by atoms with van der Waals surface area (Å²) in [6.07, 6.45) is 0.507. The highest BCUT2D eigenvalue weighted by molar-refractivity contribution is 6.02. The van der Waals surface area contributed by atoms with E-state index in [0.29, 0.717) is 48.8 Å². The third kappa shape index (κ3) is 3.71. The second-order valence-electron chi connectivity index (χ2n) is 8.47. The van der Waals surface area contributed by atoms with Crippen molar-refractivity contribution >= 4 is 39.6 Å². The molecule has 178 valence electrons. The first-order valence-corrected chi connectivity index (χ1v) is 11.4. The summed E-state index contributed by atoms with van der Waals surface area (Å²) >= 11 is 0. The highest BCUT2D eigenvalue weighted by atomic mass is 16.5. The van der Waals surface area contributed by atoms with Gasteiger partial charge in [-0.05, 0) is 24.3 Å². The fourth-order valence-corrected chi connectivity index (χ4v) is 4.55. The summed E-state index contributed by atoms with van der Waals surface area (Å²) in [4.78, 5) is 47.2. The number of ether oxygens (including phenoxy) is 2. The number of furan rings is 1. The van der Waals surface area contributed by atoms with Gasteiger partial charge in [0.2, 0.25) is 11.5 Å². The molecule has 2 amide bonds. The highest BCUT2D eigenvalue weighted by Crippen LogP contribution is 2.34. The minimum atomic E-state index is -0.848. The van der Waals surface area contributed by atoms with E-state index < -0.39 is 11.7 Å². The van der Waals surface area contributed by atoms with Gasteiger partial charge in [0.05, 0.1) is 31.8 Å². The summed E-state index contributed by atoms with van der Waals surface area (Å²) in [5.41, 5.74) is 1.23. The van der Waals surface area contributed by atoms with Crippen molar-refractivity contribution in [1.29, 1.82) is 0 Å². The summed E-state index contributed by atoms with van der Waals surface area (Å²) in [5.74, 6) is -0.111. The number of aromatic nitrogens is 2. The number of hydrogen-bond donors (Lipinski definition) is 0. The zero-order valence-corrected chi connectivity index (χ0v) is 18.8. The molecule has 0 N–H and O–H groups in total. The van der Waals surface area contributed by atoms with E-state index in [0.717, 1.165) is 5.39 Å². The van der Waals surface area contributed by atoms with Crippen molar-refractivity contribution in [3.8, 4) is 5.75 Å². The van der Waals surface area contributed by atoms with Crippen LogP contribution >= 0.6 is 0 Å². The minimum absolute atomic E-state index is 0.0428. The molecule has 2 aliphatic rings. The van der Waals surface area contributed by atoms with Crippen molar-refractivity contribution in [3.05, 3.63) is 65.2 Å². The third-order valence-corrected chi connectivity index (χ3v) is 6.33. The van der Waals surface area contributed by atoms with Crippen LogP contribution in [0.1, 0.15) is 0 Å². The molecule has 1 atom stereocenters. The van der Waals surface area contributed by atoms with Gasteiger partial charge in [-0.25, -0.2) is 4.98 Å². The summed E-state index contributed by atoms with van der Waals surface area (Å²) in [5, 5.41) is 0.740. The molecule has 0 aliphatic carbocycles. The maximum Gasteiger partial charge on any atom is 0.297 e. The first-order chi connectivity index (χ1) is 17.1. The number of para-hydroxylation sites is 3. The van der Waals surface area contributed by atoms with Crippen LogP contribution in [0.5, 0.6) is 5.75 Å². The summed E-state index contributed by atoms with van der Waals surface area (Å²) in [7, 11) is 0. The maximum atomic E-state index is 13.4. The topological polar surface area (TPSA) is 107 Å². The molecule has 0 unspecified atom stereocenters. The number of hydrogen-bond acceptors (Lipinski definition) is 7. The number of anilines is 1. The Balaban J connectivity index is 1.30. The third-order valence-electron chi connectivity index (χ3n) is 6.33. The average molecular weight is 474 g/mol. The number of benzene rings is 2. The van der Waals surface area contributed by atoms with E-state index >= 15 is 0 Å². The Bertz CT molecular complexity index is 1500. The van der Waals surface area contributed by atoms with Crippen LogP contribution in [-0.4, -0.2) is 65.2 Å². The van der Waals surface area contributed by atoms with Crippen molar-refractivity contribution in [2.24, 2.45) is 0 Å². The SMILES string of the molecule is O=C([C@H]1CN(C(=O)Cn2cnc3c(oc4ccccc43)c2=O)c2ccccc2O1)N1CCOCC1. The molecule has 10 nitrogen and oxygen atoms in total. The molecule has 0 spiro atoms. The quantitative estimate of drug-likeness (QED) is 0.446. The maximum absolute atomic E-state index is 13.4. The standard InChI is InChI=1S/C25H22N4O6/c30-21(14-28-15-26-22-16-5-1-3-7-18(16)35-23(22)25(28)32)29-13-20(24(31)27-9-11-33-12-10-27)34-19-8-4-2-6-17(19)29/h1-8,15,20H,9-14H2/t20-/m1/s1. The van der Waals surface area contributed by atoms with Crippen LogP contribution in [0.2, 0.25) is 0 Å². The lowest BCUT2D eigenvalue weighted by molar-refractivity contribution is -0.142. The monoisotopic (exact) mass is 474 g/mol. The van der Waals surface area contributed by atoms with E-state index in [-0.39, 0.29) is 30.5 Å². The molecule has 6 rings (SSSR count). The van der Waals surface area contributed by atoms with Gasteiger partial charge in [-0.2, -0.15) is 0 Å². The Hall–Kier alpha value is -4.18. The van der Waals surface area contributed by atoms with Crippen LogP contribution in [0.4, 0.5) is 5.69 Å². The Morgan fingerprint density at radius 1 is 1.03 bits per heavy atom. The molecule has 1 fully saturated rings. The van der Waals surface area contributed by atoms with Crippen molar-refractivity contribution < 1.29 is 23.5 Å². The van der Waals surface area contributed by atoms with Gasteiger partial charge in [-0.15, -0.1) is 0 Å². The van der Waals surface area contributed by atoms with Gasteiger partial charge in [0.1, 0.15) is 23.4 Å².